The number of hydrogen-bond acceptors (Lipinski definition) is 5. The van der Waals surface area contributed by atoms with Crippen LogP contribution in [0.4, 0.5) is 5.69 Å². The van der Waals surface area contributed by atoms with Crippen molar-refractivity contribution in [1.29, 1.82) is 0 Å². The monoisotopic (exact) mass is 260 g/mol. The van der Waals surface area contributed by atoms with E-state index in [0.29, 0.717) is 17.9 Å². The zero-order valence-electron chi connectivity index (χ0n) is 9.51. The third-order valence-electron chi connectivity index (χ3n) is 2.14. The van der Waals surface area contributed by atoms with Crippen LogP contribution in [0.1, 0.15) is 6.42 Å². The lowest BCUT2D eigenvalue weighted by molar-refractivity contribution is 0.289. The van der Waals surface area contributed by atoms with Crippen molar-refractivity contribution < 1.29 is 18.3 Å². The normalized spacial score (nSPS) is 11.4. The number of nitrogens with two attached hydrogens (primary N) is 1. The van der Waals surface area contributed by atoms with Crippen LogP contribution >= 0.6 is 0 Å². The Labute approximate surface area is 100 Å². The molecule has 0 saturated carbocycles. The second-order valence-electron chi connectivity index (χ2n) is 3.38. The number of aliphatic hydroxyl groups excluding tert-OH is 1. The number of ether oxygens (including phenoxy) is 1. The van der Waals surface area contributed by atoms with Crippen LogP contribution in [-0.2, 0) is 10.0 Å². The minimum absolute atomic E-state index is 0.0619. The summed E-state index contributed by atoms with van der Waals surface area (Å²) in [5, 5.41) is 8.58. The summed E-state index contributed by atoms with van der Waals surface area (Å²) >= 11 is 0. The van der Waals surface area contributed by atoms with Gasteiger partial charge in [-0.3, -0.25) is 0 Å². The fourth-order valence-corrected chi connectivity index (χ4v) is 2.32. The first-order valence-corrected chi connectivity index (χ1v) is 6.53. The fraction of sp³-hybridized carbons (Fsp3) is 0.400. The molecule has 0 bridgehead atoms. The van der Waals surface area contributed by atoms with Crippen LogP contribution in [0.25, 0.3) is 0 Å². The first kappa shape index (κ1) is 13.8. The maximum absolute atomic E-state index is 11.8. The number of sulfonamides is 1. The third kappa shape index (κ3) is 3.58. The molecule has 0 amide bonds. The van der Waals surface area contributed by atoms with Gasteiger partial charge in [-0.25, -0.2) is 13.1 Å². The summed E-state index contributed by atoms with van der Waals surface area (Å²) < 4.78 is 30.9. The molecule has 0 atom stereocenters. The molecule has 1 aromatic carbocycles. The van der Waals surface area contributed by atoms with Gasteiger partial charge in [-0.1, -0.05) is 0 Å². The third-order valence-corrected chi connectivity index (χ3v) is 3.60. The molecular formula is C10H16N2O4S. The molecule has 0 heterocycles. The van der Waals surface area contributed by atoms with Crippen LogP contribution < -0.4 is 15.2 Å². The minimum atomic E-state index is -3.58. The summed E-state index contributed by atoms with van der Waals surface area (Å²) in [5.74, 6) is 0.315. The Hall–Kier alpha value is -1.31. The molecular weight excluding hydrogens is 244 g/mol. The number of hydrogen-bond donors (Lipinski definition) is 3. The smallest absolute Gasteiger partial charge is 0.240 e. The molecule has 6 nitrogen and oxygen atoms in total. The first-order valence-electron chi connectivity index (χ1n) is 5.05. The van der Waals surface area contributed by atoms with Crippen LogP contribution in [-0.4, -0.2) is 33.8 Å². The topological polar surface area (TPSA) is 102 Å². The van der Waals surface area contributed by atoms with Crippen molar-refractivity contribution in [2.75, 3.05) is 26.0 Å². The van der Waals surface area contributed by atoms with Gasteiger partial charge in [-0.15, -0.1) is 0 Å². The van der Waals surface area contributed by atoms with Crippen LogP contribution in [0.5, 0.6) is 5.75 Å². The largest absolute Gasteiger partial charge is 0.495 e. The van der Waals surface area contributed by atoms with Gasteiger partial charge in [0.25, 0.3) is 0 Å². The second-order valence-corrected chi connectivity index (χ2v) is 5.15. The number of anilines is 1. The maximum Gasteiger partial charge on any atom is 0.240 e. The summed E-state index contributed by atoms with van der Waals surface area (Å²) in [6, 6.07) is 4.23. The zero-order chi connectivity index (χ0) is 12.9. The van der Waals surface area contributed by atoms with E-state index in [4.69, 9.17) is 15.6 Å². The Bertz CT molecular complexity index is 473. The van der Waals surface area contributed by atoms with Gasteiger partial charge < -0.3 is 15.6 Å². The van der Waals surface area contributed by atoms with Crippen LogP contribution in [0.3, 0.4) is 0 Å². The van der Waals surface area contributed by atoms with E-state index in [1.165, 1.54) is 25.3 Å². The second kappa shape index (κ2) is 5.85. The number of nitrogen functional groups attached to an aromatic ring is 1. The van der Waals surface area contributed by atoms with Gasteiger partial charge in [0.05, 0.1) is 17.7 Å². The molecule has 0 fully saturated rings. The lowest BCUT2D eigenvalue weighted by Gasteiger charge is -2.09. The molecule has 7 heteroatoms. The Kier molecular flexibility index (Phi) is 4.73. The maximum atomic E-state index is 11.8. The predicted octanol–water partition coefficient (Wildman–Crippen LogP) is -0.0619. The van der Waals surface area contributed by atoms with E-state index < -0.39 is 10.0 Å². The fourth-order valence-electron chi connectivity index (χ4n) is 1.23. The minimum Gasteiger partial charge on any atom is -0.495 e. The van der Waals surface area contributed by atoms with Crippen molar-refractivity contribution >= 4 is 15.7 Å². The van der Waals surface area contributed by atoms with Gasteiger partial charge in [0.2, 0.25) is 10.0 Å². The van der Waals surface area contributed by atoms with Gasteiger partial charge in [-0.2, -0.15) is 0 Å². The Morgan fingerprint density at radius 1 is 1.47 bits per heavy atom. The van der Waals surface area contributed by atoms with Crippen LogP contribution in [0, 0.1) is 0 Å². The SMILES string of the molecule is COc1cc(S(=O)(=O)NCCCO)ccc1N. The standard InChI is InChI=1S/C10H16N2O4S/c1-16-10-7-8(3-4-9(10)11)17(14,15)12-5-2-6-13/h3-4,7,12-13H,2,5-6,11H2,1H3. The number of rotatable bonds is 6. The van der Waals surface area contributed by atoms with E-state index >= 15 is 0 Å². The molecule has 17 heavy (non-hydrogen) atoms. The number of methoxy groups -OCH3 is 1. The van der Waals surface area contributed by atoms with Gasteiger partial charge >= 0.3 is 0 Å². The summed E-state index contributed by atoms with van der Waals surface area (Å²) in [7, 11) is -2.16. The molecule has 96 valence electrons. The van der Waals surface area contributed by atoms with E-state index in [9.17, 15) is 8.42 Å². The highest BCUT2D eigenvalue weighted by Gasteiger charge is 2.15. The summed E-state index contributed by atoms with van der Waals surface area (Å²) in [6.45, 7) is 0.124. The first-order chi connectivity index (χ1) is 8.01. The lowest BCUT2D eigenvalue weighted by atomic mass is 10.3. The number of nitrogens with one attached hydrogen (secondary N) is 1. The Morgan fingerprint density at radius 2 is 2.18 bits per heavy atom. The van der Waals surface area contributed by atoms with E-state index in [2.05, 4.69) is 4.72 Å². The zero-order valence-corrected chi connectivity index (χ0v) is 10.3. The van der Waals surface area contributed by atoms with Crippen molar-refractivity contribution in [3.63, 3.8) is 0 Å². The van der Waals surface area contributed by atoms with Gasteiger partial charge in [0.15, 0.2) is 0 Å². The van der Waals surface area contributed by atoms with E-state index in [1.54, 1.807) is 0 Å². The molecule has 0 aliphatic rings. The molecule has 0 spiro atoms. The molecule has 0 saturated heterocycles. The van der Waals surface area contributed by atoms with Crippen molar-refractivity contribution in [3.8, 4) is 5.75 Å². The average Bonchev–Trinajstić information content (AvgIpc) is 2.29. The van der Waals surface area contributed by atoms with E-state index in [1.807, 2.05) is 0 Å². The predicted molar refractivity (Wildman–Crippen MR) is 64.3 cm³/mol. The number of aliphatic hydroxyl groups is 1. The quantitative estimate of drug-likeness (QED) is 0.491. The van der Waals surface area contributed by atoms with Crippen molar-refractivity contribution in [1.82, 2.24) is 4.72 Å². The lowest BCUT2D eigenvalue weighted by Crippen LogP contribution is -2.25. The molecule has 1 aromatic rings. The Balaban J connectivity index is 2.91. The molecule has 1 rings (SSSR count). The van der Waals surface area contributed by atoms with Crippen molar-refractivity contribution in [3.05, 3.63) is 18.2 Å². The highest BCUT2D eigenvalue weighted by Crippen LogP contribution is 2.24. The highest BCUT2D eigenvalue weighted by atomic mass is 32.2. The summed E-state index contributed by atoms with van der Waals surface area (Å²) in [6.07, 6.45) is 0.366. The molecule has 0 unspecified atom stereocenters. The highest BCUT2D eigenvalue weighted by molar-refractivity contribution is 7.89. The van der Waals surface area contributed by atoms with Crippen molar-refractivity contribution in [2.45, 2.75) is 11.3 Å². The number of benzene rings is 1. The van der Waals surface area contributed by atoms with Gasteiger partial charge in [0, 0.05) is 19.2 Å². The summed E-state index contributed by atoms with van der Waals surface area (Å²) in [5.41, 5.74) is 5.97. The van der Waals surface area contributed by atoms with E-state index in [0.717, 1.165) is 0 Å². The molecule has 0 aliphatic carbocycles. The molecule has 0 aliphatic heterocycles. The van der Waals surface area contributed by atoms with Gasteiger partial charge in [-0.05, 0) is 18.6 Å². The van der Waals surface area contributed by atoms with Crippen LogP contribution in [0.15, 0.2) is 23.1 Å². The molecule has 0 aromatic heterocycles. The van der Waals surface area contributed by atoms with Crippen LogP contribution in [0.2, 0.25) is 0 Å². The Morgan fingerprint density at radius 3 is 2.76 bits per heavy atom. The van der Waals surface area contributed by atoms with E-state index in [-0.39, 0.29) is 18.0 Å². The molecule has 4 N–H and O–H groups in total. The van der Waals surface area contributed by atoms with Crippen molar-refractivity contribution in [2.24, 2.45) is 0 Å². The average molecular weight is 260 g/mol. The summed E-state index contributed by atoms with van der Waals surface area (Å²) in [4.78, 5) is 0.0847. The van der Waals surface area contributed by atoms with Gasteiger partial charge in [0.1, 0.15) is 5.75 Å². The molecule has 0 radical (unpaired) electrons.